The maximum Gasteiger partial charge on any atom is 0.324 e. The first kappa shape index (κ1) is 27.5. The minimum Gasteiger partial charge on any atom is -0.457 e. The van der Waals surface area contributed by atoms with Crippen molar-refractivity contribution in [1.82, 2.24) is 24.5 Å². The number of aliphatic hydroxyl groups excluding tert-OH is 1. The van der Waals surface area contributed by atoms with E-state index in [9.17, 15) is 9.90 Å². The number of nitrogens with zero attached hydrogens (tertiary/aromatic N) is 5. The zero-order valence-corrected chi connectivity index (χ0v) is 23.1. The van der Waals surface area contributed by atoms with Crippen LogP contribution in [0.25, 0.3) is 17.1 Å². The number of urea groups is 1. The van der Waals surface area contributed by atoms with E-state index < -0.39 is 11.8 Å². The normalized spacial score (nSPS) is 11.4. The first-order chi connectivity index (χ1) is 19.6. The van der Waals surface area contributed by atoms with E-state index in [1.807, 2.05) is 40.0 Å². The lowest BCUT2D eigenvalue weighted by Gasteiger charge is -2.14. The van der Waals surface area contributed by atoms with Crippen LogP contribution in [0, 0.1) is 5.82 Å². The van der Waals surface area contributed by atoms with Gasteiger partial charge in [-0.1, -0.05) is 32.9 Å². The van der Waals surface area contributed by atoms with Gasteiger partial charge in [-0.25, -0.2) is 13.9 Å². The highest BCUT2D eigenvalue weighted by Gasteiger charge is 2.22. The number of hydrogen-bond donors (Lipinski definition) is 3. The van der Waals surface area contributed by atoms with E-state index >= 15 is 4.39 Å². The van der Waals surface area contributed by atoms with E-state index in [-0.39, 0.29) is 23.5 Å². The van der Waals surface area contributed by atoms with Gasteiger partial charge >= 0.3 is 6.03 Å². The highest BCUT2D eigenvalue weighted by atomic mass is 19.1. The van der Waals surface area contributed by atoms with E-state index in [2.05, 4.69) is 25.8 Å². The molecular formula is C30H30FN7O3. The minimum absolute atomic E-state index is 0.0236. The molecule has 0 radical (unpaired) electrons. The number of aliphatic hydroxyl groups is 1. The summed E-state index contributed by atoms with van der Waals surface area (Å²) in [6.45, 7) is 5.91. The largest absolute Gasteiger partial charge is 0.457 e. The van der Waals surface area contributed by atoms with Crippen molar-refractivity contribution in [3.05, 3.63) is 96.2 Å². The summed E-state index contributed by atoms with van der Waals surface area (Å²) in [6.07, 6.45) is 3.28. The number of pyridine rings is 1. The number of benzene rings is 2. The van der Waals surface area contributed by atoms with Crippen LogP contribution in [-0.2, 0) is 19.1 Å². The molecule has 0 bridgehead atoms. The number of ether oxygens (including phenoxy) is 1. The number of halogens is 1. The molecular weight excluding hydrogens is 525 g/mol. The third kappa shape index (κ3) is 6.25. The van der Waals surface area contributed by atoms with Crippen LogP contribution in [0.1, 0.15) is 32.0 Å². The second kappa shape index (κ2) is 11.2. The molecule has 3 heterocycles. The maximum absolute atomic E-state index is 15.0. The van der Waals surface area contributed by atoms with Crippen molar-refractivity contribution in [2.45, 2.75) is 32.8 Å². The van der Waals surface area contributed by atoms with Crippen LogP contribution in [0.2, 0.25) is 0 Å². The molecule has 0 unspecified atom stereocenters. The van der Waals surface area contributed by atoms with Crippen LogP contribution in [-0.4, -0.2) is 35.7 Å². The molecule has 11 heteroatoms. The molecule has 5 rings (SSSR count). The number of anilines is 2. The predicted octanol–water partition coefficient (Wildman–Crippen LogP) is 6.03. The Kier molecular flexibility index (Phi) is 7.54. The number of rotatable bonds is 7. The SMILES string of the molecule is Cn1nccc1-c1cc(Oc2ccc(NC(=O)Nc3cc(C(C)(C)C)nn3-c3cccc(CO)c3)c(F)c2)ccn1. The van der Waals surface area contributed by atoms with Crippen molar-refractivity contribution in [1.29, 1.82) is 0 Å². The van der Waals surface area contributed by atoms with E-state index in [1.54, 1.807) is 64.2 Å². The lowest BCUT2D eigenvalue weighted by molar-refractivity contribution is 0.262. The van der Waals surface area contributed by atoms with Gasteiger partial charge in [-0.2, -0.15) is 10.2 Å². The summed E-state index contributed by atoms with van der Waals surface area (Å²) in [4.78, 5) is 17.3. The topological polar surface area (TPSA) is 119 Å². The standard InChI is InChI=1S/C30H30FN7O3/c1-30(2,3)27-17-28(38(36-27)20-7-5-6-19(14-20)18-39)35-29(40)34-24-9-8-21(15-23(24)31)41-22-10-12-32-25(16-22)26-11-13-33-37(26)4/h5-17,39H,18H2,1-4H3,(H2,34,35,40). The molecule has 0 saturated heterocycles. The summed E-state index contributed by atoms with van der Waals surface area (Å²) in [6, 6.07) is 17.7. The highest BCUT2D eigenvalue weighted by Crippen LogP contribution is 2.29. The van der Waals surface area contributed by atoms with E-state index in [0.29, 0.717) is 28.5 Å². The Morgan fingerprint density at radius 3 is 2.51 bits per heavy atom. The lowest BCUT2D eigenvalue weighted by atomic mass is 9.92. The number of nitrogens with one attached hydrogen (secondary N) is 2. The Bertz CT molecular complexity index is 1700. The second-order valence-corrected chi connectivity index (χ2v) is 10.4. The average molecular weight is 556 g/mol. The van der Waals surface area contributed by atoms with Gasteiger partial charge in [0.15, 0.2) is 0 Å². The van der Waals surface area contributed by atoms with E-state index in [1.165, 1.54) is 12.1 Å². The van der Waals surface area contributed by atoms with Gasteiger partial charge < -0.3 is 15.2 Å². The van der Waals surface area contributed by atoms with Crippen molar-refractivity contribution in [2.24, 2.45) is 7.05 Å². The predicted molar refractivity (Wildman–Crippen MR) is 154 cm³/mol. The van der Waals surface area contributed by atoms with Gasteiger partial charge in [-0.15, -0.1) is 0 Å². The third-order valence-corrected chi connectivity index (χ3v) is 6.30. The van der Waals surface area contributed by atoms with Gasteiger partial charge in [0.05, 0.1) is 35.1 Å². The van der Waals surface area contributed by atoms with Crippen LogP contribution in [0.15, 0.2) is 79.1 Å². The molecule has 10 nitrogen and oxygen atoms in total. The Morgan fingerprint density at radius 1 is 1.00 bits per heavy atom. The van der Waals surface area contributed by atoms with Crippen LogP contribution in [0.5, 0.6) is 11.5 Å². The zero-order chi connectivity index (χ0) is 29.1. The number of carbonyl (C=O) groups excluding carboxylic acids is 1. The van der Waals surface area contributed by atoms with Gasteiger partial charge in [-0.3, -0.25) is 15.0 Å². The van der Waals surface area contributed by atoms with Crippen LogP contribution in [0.4, 0.5) is 20.7 Å². The molecule has 0 saturated carbocycles. The molecule has 0 aliphatic carbocycles. The van der Waals surface area contributed by atoms with Crippen LogP contribution >= 0.6 is 0 Å². The number of aromatic nitrogens is 5. The minimum atomic E-state index is -0.668. The number of hydrogen-bond acceptors (Lipinski definition) is 6. The molecule has 2 amide bonds. The molecule has 0 spiro atoms. The molecule has 3 N–H and O–H groups in total. The molecule has 2 aromatic carbocycles. The molecule has 210 valence electrons. The molecule has 41 heavy (non-hydrogen) atoms. The maximum atomic E-state index is 15.0. The summed E-state index contributed by atoms with van der Waals surface area (Å²) in [5, 5.41) is 23.7. The van der Waals surface area contributed by atoms with Crippen molar-refractivity contribution >= 4 is 17.5 Å². The summed E-state index contributed by atoms with van der Waals surface area (Å²) in [7, 11) is 1.81. The van der Waals surface area contributed by atoms with E-state index in [0.717, 1.165) is 11.4 Å². The van der Waals surface area contributed by atoms with Gasteiger partial charge in [0.25, 0.3) is 0 Å². The van der Waals surface area contributed by atoms with Crippen molar-refractivity contribution in [3.63, 3.8) is 0 Å². The first-order valence-corrected chi connectivity index (χ1v) is 12.9. The van der Waals surface area contributed by atoms with Crippen molar-refractivity contribution < 1.29 is 19.0 Å². The van der Waals surface area contributed by atoms with Gasteiger partial charge in [0, 0.05) is 43.1 Å². The Morgan fingerprint density at radius 2 is 1.80 bits per heavy atom. The van der Waals surface area contributed by atoms with E-state index in [4.69, 9.17) is 4.74 Å². The average Bonchev–Trinajstić information content (AvgIpc) is 3.57. The number of carbonyl (C=O) groups is 1. The smallest absolute Gasteiger partial charge is 0.324 e. The Balaban J connectivity index is 1.32. The van der Waals surface area contributed by atoms with Gasteiger partial charge in [-0.05, 0) is 42.0 Å². The molecule has 5 aromatic rings. The monoisotopic (exact) mass is 555 g/mol. The molecule has 0 aliphatic heterocycles. The lowest BCUT2D eigenvalue weighted by Crippen LogP contribution is -2.22. The Hall–Kier alpha value is -5.03. The summed E-state index contributed by atoms with van der Waals surface area (Å²) in [5.41, 5.74) is 3.27. The van der Waals surface area contributed by atoms with Gasteiger partial charge in [0.2, 0.25) is 0 Å². The highest BCUT2D eigenvalue weighted by molar-refractivity contribution is 5.99. The summed E-state index contributed by atoms with van der Waals surface area (Å²) in [5.74, 6) is 0.456. The van der Waals surface area contributed by atoms with Crippen LogP contribution < -0.4 is 15.4 Å². The Labute approximate surface area is 236 Å². The second-order valence-electron chi connectivity index (χ2n) is 10.4. The number of aryl methyl sites for hydroxylation is 1. The van der Waals surface area contributed by atoms with Crippen LogP contribution in [0.3, 0.4) is 0 Å². The van der Waals surface area contributed by atoms with Crippen molar-refractivity contribution in [3.8, 4) is 28.6 Å². The number of amides is 2. The van der Waals surface area contributed by atoms with Crippen molar-refractivity contribution in [2.75, 3.05) is 10.6 Å². The fourth-order valence-electron chi connectivity index (χ4n) is 4.13. The molecule has 0 fully saturated rings. The third-order valence-electron chi connectivity index (χ3n) is 6.30. The molecule has 0 atom stereocenters. The van der Waals surface area contributed by atoms with Gasteiger partial charge in [0.1, 0.15) is 23.1 Å². The zero-order valence-electron chi connectivity index (χ0n) is 23.1. The summed E-state index contributed by atoms with van der Waals surface area (Å²) < 4.78 is 24.1. The quantitative estimate of drug-likeness (QED) is 0.226. The molecule has 0 aliphatic rings. The first-order valence-electron chi connectivity index (χ1n) is 12.9. The fraction of sp³-hybridized carbons (Fsp3) is 0.200. The fourth-order valence-corrected chi connectivity index (χ4v) is 4.13. The molecule has 3 aromatic heterocycles. The summed E-state index contributed by atoms with van der Waals surface area (Å²) >= 11 is 0.